The van der Waals surface area contributed by atoms with Crippen LogP contribution in [0.25, 0.3) is 0 Å². The molecule has 1 aromatic rings. The summed E-state index contributed by atoms with van der Waals surface area (Å²) in [7, 11) is 0. The van der Waals surface area contributed by atoms with E-state index in [0.717, 1.165) is 0 Å². The van der Waals surface area contributed by atoms with Crippen LogP contribution in [0.4, 0.5) is 0 Å². The van der Waals surface area contributed by atoms with Crippen LogP contribution in [-0.4, -0.2) is 11.8 Å². The molecular weight excluding hydrogens is 214 g/mol. The summed E-state index contributed by atoms with van der Waals surface area (Å²) in [4.78, 5) is 1.46. The molecule has 84 valence electrons. The first-order valence-corrected chi connectivity index (χ1v) is 7.05. The second kappa shape index (κ2) is 4.64. The Kier molecular flexibility index (Phi) is 3.02. The molecule has 1 aliphatic carbocycles. The van der Waals surface area contributed by atoms with Crippen LogP contribution >= 0.6 is 11.8 Å². The molecule has 0 radical (unpaired) electrons. The number of fused-ring (bicyclic) bond motifs is 1. The Morgan fingerprint density at radius 3 is 3.00 bits per heavy atom. The van der Waals surface area contributed by atoms with Crippen LogP contribution in [0.15, 0.2) is 41.3 Å². The lowest BCUT2D eigenvalue weighted by Crippen LogP contribution is -2.33. The van der Waals surface area contributed by atoms with Crippen molar-refractivity contribution in [1.29, 1.82) is 0 Å². The number of thioether (sulfide) groups is 1. The predicted molar refractivity (Wildman–Crippen MR) is 69.8 cm³/mol. The van der Waals surface area contributed by atoms with Gasteiger partial charge in [0.1, 0.15) is 0 Å². The summed E-state index contributed by atoms with van der Waals surface area (Å²) in [6.07, 6.45) is 8.34. The van der Waals surface area contributed by atoms with Crippen molar-refractivity contribution in [3.8, 4) is 0 Å². The van der Waals surface area contributed by atoms with Crippen molar-refractivity contribution in [3.05, 3.63) is 42.0 Å². The Morgan fingerprint density at radius 2 is 2.12 bits per heavy atom. The van der Waals surface area contributed by atoms with E-state index in [1.54, 1.807) is 0 Å². The van der Waals surface area contributed by atoms with Crippen molar-refractivity contribution in [2.24, 2.45) is 0 Å². The highest BCUT2D eigenvalue weighted by atomic mass is 32.2. The summed E-state index contributed by atoms with van der Waals surface area (Å²) < 4.78 is 0. The second-order valence-corrected chi connectivity index (χ2v) is 5.61. The maximum atomic E-state index is 3.80. The lowest BCUT2D eigenvalue weighted by Gasteiger charge is -2.24. The molecule has 0 aromatic heterocycles. The summed E-state index contributed by atoms with van der Waals surface area (Å²) in [5.41, 5.74) is 1.50. The number of nitrogens with one attached hydrogen (secondary N) is 1. The van der Waals surface area contributed by atoms with Crippen molar-refractivity contribution in [2.45, 2.75) is 36.2 Å². The maximum absolute atomic E-state index is 3.80. The van der Waals surface area contributed by atoms with Gasteiger partial charge in [-0.2, -0.15) is 0 Å². The first-order valence-electron chi connectivity index (χ1n) is 6.06. The molecule has 0 fully saturated rings. The van der Waals surface area contributed by atoms with Crippen molar-refractivity contribution >= 4 is 11.8 Å². The lowest BCUT2D eigenvalue weighted by molar-refractivity contribution is 0.430. The Balaban J connectivity index is 1.71. The third kappa shape index (κ3) is 2.04. The van der Waals surface area contributed by atoms with E-state index in [0.29, 0.717) is 12.1 Å². The Hall–Kier alpha value is -0.730. The van der Waals surface area contributed by atoms with Gasteiger partial charge in [0, 0.05) is 22.7 Å². The van der Waals surface area contributed by atoms with E-state index < -0.39 is 0 Å². The molecule has 2 unspecified atom stereocenters. The average molecular weight is 231 g/mol. The fourth-order valence-electron chi connectivity index (χ4n) is 2.53. The zero-order chi connectivity index (χ0) is 10.8. The van der Waals surface area contributed by atoms with Crippen LogP contribution in [0.1, 0.15) is 30.9 Å². The van der Waals surface area contributed by atoms with Crippen molar-refractivity contribution < 1.29 is 0 Å². The number of benzene rings is 1. The van der Waals surface area contributed by atoms with Gasteiger partial charge in [0.25, 0.3) is 0 Å². The maximum Gasteiger partial charge on any atom is 0.0428 e. The first-order chi connectivity index (χ1) is 7.93. The third-order valence-corrected chi connectivity index (χ3v) is 4.59. The van der Waals surface area contributed by atoms with Crippen molar-refractivity contribution in [2.75, 3.05) is 5.75 Å². The van der Waals surface area contributed by atoms with Crippen LogP contribution in [0, 0.1) is 0 Å². The van der Waals surface area contributed by atoms with E-state index in [1.165, 1.54) is 35.5 Å². The minimum Gasteiger partial charge on any atom is -0.306 e. The number of allylic oxidation sites excluding steroid dienone is 1. The van der Waals surface area contributed by atoms with Crippen molar-refractivity contribution in [3.63, 3.8) is 0 Å². The minimum atomic E-state index is 0.567. The first kappa shape index (κ1) is 10.4. The number of hydrogen-bond donors (Lipinski definition) is 1. The molecular formula is C14H17NS. The van der Waals surface area contributed by atoms with Crippen LogP contribution in [-0.2, 0) is 0 Å². The fraction of sp³-hybridized carbons (Fsp3) is 0.429. The largest absolute Gasteiger partial charge is 0.306 e. The summed E-state index contributed by atoms with van der Waals surface area (Å²) in [5.74, 6) is 1.19. The van der Waals surface area contributed by atoms with Crippen LogP contribution in [0.2, 0.25) is 0 Å². The van der Waals surface area contributed by atoms with Gasteiger partial charge in [-0.25, -0.2) is 0 Å². The van der Waals surface area contributed by atoms with Gasteiger partial charge >= 0.3 is 0 Å². The van der Waals surface area contributed by atoms with Gasteiger partial charge in [0.05, 0.1) is 0 Å². The molecule has 1 N–H and O–H groups in total. The summed E-state index contributed by atoms with van der Waals surface area (Å²) >= 11 is 1.98. The number of rotatable bonds is 2. The molecule has 2 atom stereocenters. The topological polar surface area (TPSA) is 12.0 Å². The molecule has 2 aliphatic rings. The van der Waals surface area contributed by atoms with Gasteiger partial charge in [0.2, 0.25) is 0 Å². The van der Waals surface area contributed by atoms with Crippen LogP contribution < -0.4 is 5.32 Å². The Labute approximate surface area is 101 Å². The molecule has 2 heteroatoms. The van der Waals surface area contributed by atoms with Crippen molar-refractivity contribution in [1.82, 2.24) is 5.32 Å². The highest BCUT2D eigenvalue weighted by Crippen LogP contribution is 2.38. The molecule has 0 saturated carbocycles. The highest BCUT2D eigenvalue weighted by Gasteiger charge is 2.24. The predicted octanol–water partition coefficient (Wildman–Crippen LogP) is 3.53. The molecule has 0 saturated heterocycles. The number of hydrogen-bond acceptors (Lipinski definition) is 2. The zero-order valence-corrected chi connectivity index (χ0v) is 10.2. The lowest BCUT2D eigenvalue weighted by atomic mass is 9.99. The molecule has 3 rings (SSSR count). The van der Waals surface area contributed by atoms with Gasteiger partial charge in [-0.1, -0.05) is 30.4 Å². The van der Waals surface area contributed by atoms with E-state index >= 15 is 0 Å². The van der Waals surface area contributed by atoms with E-state index in [-0.39, 0.29) is 0 Å². The quantitative estimate of drug-likeness (QED) is 0.781. The Bertz CT molecular complexity index is 399. The fourth-order valence-corrected chi connectivity index (χ4v) is 3.70. The summed E-state index contributed by atoms with van der Waals surface area (Å²) in [6, 6.07) is 10.0. The van der Waals surface area contributed by atoms with Gasteiger partial charge in [-0.05, 0) is 30.9 Å². The molecule has 0 spiro atoms. The normalized spacial score (nSPS) is 28.0. The van der Waals surface area contributed by atoms with E-state index in [2.05, 4.69) is 41.7 Å². The molecule has 1 heterocycles. The summed E-state index contributed by atoms with van der Waals surface area (Å²) in [5, 5.41) is 3.80. The van der Waals surface area contributed by atoms with Gasteiger partial charge in [-0.15, -0.1) is 11.8 Å². The third-order valence-electron chi connectivity index (χ3n) is 3.41. The monoisotopic (exact) mass is 231 g/mol. The van der Waals surface area contributed by atoms with E-state index in [4.69, 9.17) is 0 Å². The summed E-state index contributed by atoms with van der Waals surface area (Å²) in [6.45, 7) is 0. The SMILES string of the molecule is C1=CCC(NC2CSc3ccccc32)CC1. The second-order valence-electron chi connectivity index (χ2n) is 4.55. The molecule has 1 aliphatic heterocycles. The van der Waals surface area contributed by atoms with E-state index in [1.807, 2.05) is 11.8 Å². The highest BCUT2D eigenvalue weighted by molar-refractivity contribution is 7.99. The minimum absolute atomic E-state index is 0.567. The molecule has 1 aromatic carbocycles. The zero-order valence-electron chi connectivity index (χ0n) is 9.36. The molecule has 16 heavy (non-hydrogen) atoms. The Morgan fingerprint density at radius 1 is 1.19 bits per heavy atom. The average Bonchev–Trinajstić information content (AvgIpc) is 2.74. The molecule has 1 nitrogen and oxygen atoms in total. The van der Waals surface area contributed by atoms with Gasteiger partial charge in [-0.3, -0.25) is 0 Å². The smallest absolute Gasteiger partial charge is 0.0428 e. The van der Waals surface area contributed by atoms with Crippen LogP contribution in [0.5, 0.6) is 0 Å². The van der Waals surface area contributed by atoms with Crippen LogP contribution in [0.3, 0.4) is 0 Å². The van der Waals surface area contributed by atoms with Gasteiger partial charge < -0.3 is 5.32 Å². The molecule has 0 amide bonds. The van der Waals surface area contributed by atoms with E-state index in [9.17, 15) is 0 Å². The van der Waals surface area contributed by atoms with Gasteiger partial charge in [0.15, 0.2) is 0 Å². The standard InChI is InChI=1S/C14H17NS/c1-2-6-11(7-3-1)15-13-10-16-14-9-5-4-8-12(13)14/h1-2,4-5,8-9,11,13,15H,3,6-7,10H2. The molecule has 0 bridgehead atoms.